The minimum absolute atomic E-state index is 0. The van der Waals surface area contributed by atoms with E-state index in [0.29, 0.717) is 29.5 Å². The number of halogens is 4. The van der Waals surface area contributed by atoms with Crippen LogP contribution >= 0.6 is 17.2 Å². The van der Waals surface area contributed by atoms with Crippen molar-refractivity contribution in [1.29, 1.82) is 0 Å². The van der Waals surface area contributed by atoms with E-state index < -0.39 is 25.7 Å². The van der Waals surface area contributed by atoms with Crippen LogP contribution in [0.5, 0.6) is 0 Å². The fourth-order valence-electron chi connectivity index (χ4n) is 1.93. The summed E-state index contributed by atoms with van der Waals surface area (Å²) in [6.45, 7) is -1.26. The van der Waals surface area contributed by atoms with Crippen LogP contribution in [0, 0.1) is 0 Å². The van der Waals surface area contributed by atoms with Crippen molar-refractivity contribution in [2.45, 2.75) is 25.2 Å². The first-order valence-electron chi connectivity index (χ1n) is 7.97. The maximum Gasteiger partial charge on any atom is 0.106 e. The van der Waals surface area contributed by atoms with Crippen molar-refractivity contribution >= 4 is 27.8 Å². The van der Waals surface area contributed by atoms with Crippen LogP contribution in [0.15, 0.2) is 48.5 Å². The summed E-state index contributed by atoms with van der Waals surface area (Å²) in [5, 5.41) is 2.07. The van der Waals surface area contributed by atoms with Gasteiger partial charge in [-0.05, 0) is 12.3 Å². The minimum Gasteiger partial charge on any atom is -0.748 e. The molecule has 0 saturated heterocycles. The van der Waals surface area contributed by atoms with Crippen molar-refractivity contribution in [1.82, 2.24) is 0 Å². The second kappa shape index (κ2) is 16.0. The second-order valence-electron chi connectivity index (χ2n) is 5.23. The Hall–Kier alpha value is -0.201. The zero-order chi connectivity index (χ0) is 17.6. The summed E-state index contributed by atoms with van der Waals surface area (Å²) in [4.78, 5) is 0. The van der Waals surface area contributed by atoms with E-state index in [-0.39, 0.29) is 29.9 Å². The van der Waals surface area contributed by atoms with Crippen molar-refractivity contribution < 1.29 is 34.6 Å². The van der Waals surface area contributed by atoms with Gasteiger partial charge in [0.1, 0.15) is 12.3 Å². The van der Waals surface area contributed by atoms with Crippen molar-refractivity contribution in [2.75, 3.05) is 25.7 Å². The molecule has 0 bridgehead atoms. The molecule has 2 rings (SSSR count). The number of hydrogen-bond donors (Lipinski definition) is 0. The Bertz CT molecular complexity index is 457. The van der Waals surface area contributed by atoms with E-state index in [4.69, 9.17) is 0 Å². The Balaban J connectivity index is 0.000000820. The quantitative estimate of drug-likeness (QED) is 0.218. The molecule has 0 aliphatic rings. The largest absolute Gasteiger partial charge is 0.748 e. The third-order valence-electron chi connectivity index (χ3n) is 3.24. The summed E-state index contributed by atoms with van der Waals surface area (Å²) >= 11 is 0. The van der Waals surface area contributed by atoms with Gasteiger partial charge in [0.15, 0.2) is 0 Å². The molecule has 7 heteroatoms. The summed E-state index contributed by atoms with van der Waals surface area (Å²) in [5.74, 6) is 0. The summed E-state index contributed by atoms with van der Waals surface area (Å²) in [7, 11) is 0.582. The van der Waals surface area contributed by atoms with Crippen LogP contribution in [-0.4, -0.2) is 38.0 Å². The van der Waals surface area contributed by atoms with Gasteiger partial charge in [0, 0.05) is 29.9 Å². The van der Waals surface area contributed by atoms with Gasteiger partial charge in [-0.3, -0.25) is 8.78 Å². The SMILES string of the molecule is FCCC(F)CPc1ccc[c-]1PCC(F)CCF.[Fe].[cH-]1[cH-][cH-][cH-][cH-]1. The number of alkyl halides is 4. The summed E-state index contributed by atoms with van der Waals surface area (Å²) in [6.07, 6.45) is -1.64. The molecular formula is C18H24F4FeP2-6. The van der Waals surface area contributed by atoms with E-state index in [1.165, 1.54) is 0 Å². The molecule has 0 spiro atoms. The Kier molecular flexibility index (Phi) is 15.9. The maximum absolute atomic E-state index is 13.2. The predicted molar refractivity (Wildman–Crippen MR) is 101 cm³/mol. The maximum atomic E-state index is 13.2. The Labute approximate surface area is 161 Å². The van der Waals surface area contributed by atoms with Crippen LogP contribution in [0.25, 0.3) is 0 Å². The van der Waals surface area contributed by atoms with E-state index >= 15 is 0 Å². The van der Waals surface area contributed by atoms with Gasteiger partial charge < -0.3 is 30.3 Å². The van der Waals surface area contributed by atoms with E-state index in [1.54, 1.807) is 0 Å². The van der Waals surface area contributed by atoms with Crippen molar-refractivity contribution in [3.63, 3.8) is 0 Å². The fourth-order valence-corrected chi connectivity index (χ4v) is 4.73. The van der Waals surface area contributed by atoms with Gasteiger partial charge in [0.2, 0.25) is 0 Å². The van der Waals surface area contributed by atoms with Crippen LogP contribution in [-0.2, 0) is 17.1 Å². The molecule has 0 radical (unpaired) electrons. The molecule has 0 saturated carbocycles. The Morgan fingerprint density at radius 2 is 1.44 bits per heavy atom. The predicted octanol–water partition coefficient (Wildman–Crippen LogP) is 4.81. The molecule has 0 aliphatic carbocycles. The summed E-state index contributed by atoms with van der Waals surface area (Å²) in [6, 6.07) is 15.7. The topological polar surface area (TPSA) is 0 Å². The summed E-state index contributed by atoms with van der Waals surface area (Å²) in [5.41, 5.74) is 0. The smallest absolute Gasteiger partial charge is 0.106 e. The van der Waals surface area contributed by atoms with Crippen molar-refractivity contribution in [3.05, 3.63) is 48.5 Å². The monoisotopic (exact) mass is 434 g/mol. The number of rotatable bonds is 10. The molecule has 4 atom stereocenters. The molecule has 2 aromatic rings. The first kappa shape index (κ1) is 24.8. The standard InChI is InChI=1S/C13H19F4P2.C5H5.Fe/c14-6-4-10(16)8-18-12-2-1-3-13(12)19-9-11(17)5-7-15;1-2-4-5-3-1;/h1-3,10-11,18-19H,4-9H2;1-5H;/q-1;-5;. The van der Waals surface area contributed by atoms with Gasteiger partial charge in [-0.2, -0.15) is 6.07 Å². The zero-order valence-electron chi connectivity index (χ0n) is 13.9. The molecule has 25 heavy (non-hydrogen) atoms. The average molecular weight is 434 g/mol. The van der Waals surface area contributed by atoms with E-state index in [0.717, 1.165) is 10.6 Å². The number of hydrogen-bond acceptors (Lipinski definition) is 0. The second-order valence-corrected chi connectivity index (χ2v) is 7.83. The van der Waals surface area contributed by atoms with Crippen LogP contribution in [0.2, 0.25) is 0 Å². The van der Waals surface area contributed by atoms with Gasteiger partial charge in [-0.1, -0.05) is 0 Å². The minimum atomic E-state index is -1.10. The molecular weight excluding hydrogens is 410 g/mol. The van der Waals surface area contributed by atoms with E-state index in [9.17, 15) is 17.6 Å². The Morgan fingerprint density at radius 1 is 0.920 bits per heavy atom. The molecule has 0 nitrogen and oxygen atoms in total. The zero-order valence-corrected chi connectivity index (χ0v) is 17.0. The fraction of sp³-hybridized carbons (Fsp3) is 0.444. The molecule has 0 aliphatic heterocycles. The molecule has 148 valence electrons. The van der Waals surface area contributed by atoms with Gasteiger partial charge in [0.25, 0.3) is 0 Å². The van der Waals surface area contributed by atoms with Crippen molar-refractivity contribution in [3.8, 4) is 0 Å². The summed E-state index contributed by atoms with van der Waals surface area (Å²) < 4.78 is 50.3. The van der Waals surface area contributed by atoms with Gasteiger partial charge in [-0.25, -0.2) is 20.9 Å². The average Bonchev–Trinajstić information content (AvgIpc) is 3.26. The van der Waals surface area contributed by atoms with Gasteiger partial charge >= 0.3 is 0 Å². The third-order valence-corrected chi connectivity index (χ3v) is 6.42. The molecule has 0 aromatic heterocycles. The van der Waals surface area contributed by atoms with Crippen LogP contribution in [0.4, 0.5) is 17.6 Å². The van der Waals surface area contributed by atoms with Gasteiger partial charge in [-0.15, -0.1) is 27.8 Å². The molecule has 2 aromatic carbocycles. The Morgan fingerprint density at radius 3 is 1.96 bits per heavy atom. The first-order valence-corrected chi connectivity index (χ1v) is 10.4. The molecule has 0 fully saturated rings. The first-order chi connectivity index (χ1) is 11.7. The molecule has 0 N–H and O–H groups in total. The van der Waals surface area contributed by atoms with Gasteiger partial charge in [0.05, 0.1) is 13.3 Å². The van der Waals surface area contributed by atoms with Crippen LogP contribution < -0.4 is 10.6 Å². The third kappa shape index (κ3) is 11.9. The molecule has 4 unspecified atom stereocenters. The normalized spacial score (nSPS) is 13.6. The molecule has 0 heterocycles. The van der Waals surface area contributed by atoms with E-state index in [2.05, 4.69) is 0 Å². The van der Waals surface area contributed by atoms with Crippen LogP contribution in [0.1, 0.15) is 12.8 Å². The van der Waals surface area contributed by atoms with Crippen molar-refractivity contribution in [2.24, 2.45) is 0 Å². The molecule has 0 amide bonds. The van der Waals surface area contributed by atoms with Crippen LogP contribution in [0.3, 0.4) is 0 Å². The van der Waals surface area contributed by atoms with E-state index in [1.807, 2.05) is 48.5 Å².